The maximum Gasteiger partial charge on any atom is 0.183 e. The van der Waals surface area contributed by atoms with E-state index in [4.69, 9.17) is 0 Å². The first kappa shape index (κ1) is 9.21. The number of aromatic amines is 1. The van der Waals surface area contributed by atoms with Gasteiger partial charge in [0.1, 0.15) is 5.82 Å². The molecule has 1 atom stereocenters. The van der Waals surface area contributed by atoms with Crippen LogP contribution in [0.3, 0.4) is 0 Å². The monoisotopic (exact) mass is 208 g/mol. The van der Waals surface area contributed by atoms with Gasteiger partial charge in [-0.2, -0.15) is 0 Å². The number of hydrogen-bond acceptors (Lipinski definition) is 4. The maximum atomic E-state index is 4.23. The van der Waals surface area contributed by atoms with Gasteiger partial charge in [0.05, 0.1) is 6.04 Å². The molecule has 1 unspecified atom stereocenters. The van der Waals surface area contributed by atoms with Crippen molar-refractivity contribution in [1.82, 2.24) is 15.0 Å². The second kappa shape index (κ2) is 4.23. The fourth-order valence-corrected chi connectivity index (χ4v) is 1.86. The molecule has 74 valence electrons. The lowest BCUT2D eigenvalue weighted by Gasteiger charge is -2.12. The van der Waals surface area contributed by atoms with Crippen molar-refractivity contribution < 1.29 is 0 Å². The second-order valence-electron chi connectivity index (χ2n) is 2.92. The third-order valence-corrected chi connectivity index (χ3v) is 2.69. The maximum absolute atomic E-state index is 4.23. The number of hydrogen-bond donors (Lipinski definition) is 2. The van der Waals surface area contributed by atoms with Gasteiger partial charge < -0.3 is 10.3 Å². The minimum atomic E-state index is 0.219. The third-order valence-electron chi connectivity index (χ3n) is 1.99. The highest BCUT2D eigenvalue weighted by Crippen LogP contribution is 2.20. The molecule has 2 aromatic heterocycles. The zero-order chi connectivity index (χ0) is 9.80. The van der Waals surface area contributed by atoms with Crippen LogP contribution in [0, 0.1) is 0 Å². The van der Waals surface area contributed by atoms with Gasteiger partial charge in [-0.1, -0.05) is 6.92 Å². The van der Waals surface area contributed by atoms with E-state index in [0.29, 0.717) is 0 Å². The molecule has 0 saturated carbocycles. The van der Waals surface area contributed by atoms with Crippen LogP contribution in [0.25, 0.3) is 0 Å². The quantitative estimate of drug-likeness (QED) is 0.811. The summed E-state index contributed by atoms with van der Waals surface area (Å²) in [6.45, 7) is 2.12. The lowest BCUT2D eigenvalue weighted by atomic mass is 10.2. The van der Waals surface area contributed by atoms with Crippen LogP contribution in [0.1, 0.15) is 25.2 Å². The molecule has 0 amide bonds. The molecule has 0 aromatic carbocycles. The minimum absolute atomic E-state index is 0.219. The topological polar surface area (TPSA) is 53.6 Å². The molecule has 5 heteroatoms. The molecule has 2 N–H and O–H groups in total. The number of nitrogens with one attached hydrogen (secondary N) is 2. The summed E-state index contributed by atoms with van der Waals surface area (Å²) in [4.78, 5) is 11.5. The fourth-order valence-electron chi connectivity index (χ4n) is 1.28. The summed E-state index contributed by atoms with van der Waals surface area (Å²) in [5, 5.41) is 6.22. The van der Waals surface area contributed by atoms with Crippen molar-refractivity contribution in [3.63, 3.8) is 0 Å². The highest BCUT2D eigenvalue weighted by molar-refractivity contribution is 7.13. The zero-order valence-electron chi connectivity index (χ0n) is 7.90. The minimum Gasteiger partial charge on any atom is -0.352 e. The average molecular weight is 208 g/mol. The Kier molecular flexibility index (Phi) is 2.78. The SMILES string of the molecule is CCC(Nc1nccs1)c1ncc[nH]1. The van der Waals surface area contributed by atoms with E-state index in [0.717, 1.165) is 17.4 Å². The van der Waals surface area contributed by atoms with E-state index in [1.165, 1.54) is 0 Å². The zero-order valence-corrected chi connectivity index (χ0v) is 8.71. The molecule has 0 radical (unpaired) electrons. The Hall–Kier alpha value is -1.36. The molecule has 0 aliphatic rings. The lowest BCUT2D eigenvalue weighted by molar-refractivity contribution is 0.703. The van der Waals surface area contributed by atoms with Crippen LogP contribution in [0.15, 0.2) is 24.0 Å². The van der Waals surface area contributed by atoms with Crippen LogP contribution in [0.2, 0.25) is 0 Å². The van der Waals surface area contributed by atoms with Crippen LogP contribution in [0.4, 0.5) is 5.13 Å². The number of anilines is 1. The summed E-state index contributed by atoms with van der Waals surface area (Å²) in [5.41, 5.74) is 0. The van der Waals surface area contributed by atoms with Crippen LogP contribution < -0.4 is 5.32 Å². The van der Waals surface area contributed by atoms with Crippen LogP contribution in [0.5, 0.6) is 0 Å². The van der Waals surface area contributed by atoms with E-state index in [9.17, 15) is 0 Å². The van der Waals surface area contributed by atoms with Gasteiger partial charge in [-0.15, -0.1) is 11.3 Å². The van der Waals surface area contributed by atoms with Crippen molar-refractivity contribution >= 4 is 16.5 Å². The van der Waals surface area contributed by atoms with Gasteiger partial charge in [0.15, 0.2) is 5.13 Å². The molecule has 0 fully saturated rings. The van der Waals surface area contributed by atoms with E-state index in [-0.39, 0.29) is 6.04 Å². The molecule has 2 rings (SSSR count). The van der Waals surface area contributed by atoms with Crippen LogP contribution in [-0.2, 0) is 0 Å². The molecule has 0 bridgehead atoms. The van der Waals surface area contributed by atoms with Gasteiger partial charge in [0.2, 0.25) is 0 Å². The summed E-state index contributed by atoms with van der Waals surface area (Å²) in [7, 11) is 0. The summed E-state index contributed by atoms with van der Waals surface area (Å²) in [6, 6.07) is 0.219. The van der Waals surface area contributed by atoms with Crippen molar-refractivity contribution in [2.45, 2.75) is 19.4 Å². The smallest absolute Gasteiger partial charge is 0.183 e. The molecule has 0 spiro atoms. The Morgan fingerprint density at radius 2 is 2.43 bits per heavy atom. The highest BCUT2D eigenvalue weighted by Gasteiger charge is 2.11. The molecule has 0 aliphatic carbocycles. The van der Waals surface area contributed by atoms with Gasteiger partial charge >= 0.3 is 0 Å². The molecule has 4 nitrogen and oxygen atoms in total. The fraction of sp³-hybridized carbons (Fsp3) is 0.333. The van der Waals surface area contributed by atoms with Gasteiger partial charge in [-0.3, -0.25) is 0 Å². The predicted octanol–water partition coefficient (Wildman–Crippen LogP) is 2.43. The molecule has 14 heavy (non-hydrogen) atoms. The van der Waals surface area contributed by atoms with Gasteiger partial charge in [-0.05, 0) is 6.42 Å². The van der Waals surface area contributed by atoms with Crippen molar-refractivity contribution in [3.8, 4) is 0 Å². The number of imidazole rings is 1. The lowest BCUT2D eigenvalue weighted by Crippen LogP contribution is -2.10. The molecule has 0 aliphatic heterocycles. The normalized spacial score (nSPS) is 12.6. The Bertz CT molecular complexity index is 354. The molecule has 2 aromatic rings. The Morgan fingerprint density at radius 1 is 1.50 bits per heavy atom. The number of H-pyrrole nitrogens is 1. The van der Waals surface area contributed by atoms with E-state index in [1.54, 1.807) is 23.7 Å². The van der Waals surface area contributed by atoms with Gasteiger partial charge in [0.25, 0.3) is 0 Å². The molecule has 2 heterocycles. The second-order valence-corrected chi connectivity index (χ2v) is 3.81. The Balaban J connectivity index is 2.08. The third kappa shape index (κ3) is 1.93. The van der Waals surface area contributed by atoms with Crippen LogP contribution in [-0.4, -0.2) is 15.0 Å². The number of nitrogens with zero attached hydrogens (tertiary/aromatic N) is 2. The first-order chi connectivity index (χ1) is 6.90. The number of aromatic nitrogens is 3. The standard InChI is InChI=1S/C9H12N4S/c1-2-7(8-10-3-4-11-8)13-9-12-5-6-14-9/h3-7H,2H2,1H3,(H,10,11)(H,12,13). The predicted molar refractivity (Wildman–Crippen MR) is 57.4 cm³/mol. The van der Waals surface area contributed by atoms with Crippen LogP contribution >= 0.6 is 11.3 Å². The number of thiazole rings is 1. The molecular weight excluding hydrogens is 196 g/mol. The Labute approximate surface area is 86.4 Å². The van der Waals surface area contributed by atoms with Crippen molar-refractivity contribution in [1.29, 1.82) is 0 Å². The van der Waals surface area contributed by atoms with E-state index in [1.807, 2.05) is 11.6 Å². The first-order valence-corrected chi connectivity index (χ1v) is 5.43. The first-order valence-electron chi connectivity index (χ1n) is 4.55. The number of rotatable bonds is 4. The van der Waals surface area contributed by atoms with Crippen molar-refractivity contribution in [2.75, 3.05) is 5.32 Å². The average Bonchev–Trinajstić information content (AvgIpc) is 2.86. The summed E-state index contributed by atoms with van der Waals surface area (Å²) in [6.07, 6.45) is 6.37. The molecular formula is C9H12N4S. The molecule has 0 saturated heterocycles. The summed E-state index contributed by atoms with van der Waals surface area (Å²) in [5.74, 6) is 0.961. The summed E-state index contributed by atoms with van der Waals surface area (Å²) >= 11 is 1.60. The van der Waals surface area contributed by atoms with Crippen molar-refractivity contribution in [2.24, 2.45) is 0 Å². The highest BCUT2D eigenvalue weighted by atomic mass is 32.1. The van der Waals surface area contributed by atoms with E-state index in [2.05, 4.69) is 27.2 Å². The largest absolute Gasteiger partial charge is 0.352 e. The summed E-state index contributed by atoms with van der Waals surface area (Å²) < 4.78 is 0. The van der Waals surface area contributed by atoms with E-state index < -0.39 is 0 Å². The van der Waals surface area contributed by atoms with Crippen molar-refractivity contribution in [3.05, 3.63) is 29.8 Å². The van der Waals surface area contributed by atoms with Gasteiger partial charge in [-0.25, -0.2) is 9.97 Å². The Morgan fingerprint density at radius 3 is 3.00 bits per heavy atom. The van der Waals surface area contributed by atoms with E-state index >= 15 is 0 Å². The van der Waals surface area contributed by atoms with Gasteiger partial charge in [0, 0.05) is 24.0 Å².